The van der Waals surface area contributed by atoms with Crippen molar-refractivity contribution in [3.63, 3.8) is 0 Å². The average Bonchev–Trinajstić information content (AvgIpc) is 2.85. The van der Waals surface area contributed by atoms with Crippen molar-refractivity contribution in [2.24, 2.45) is 0 Å². The minimum absolute atomic E-state index is 0.282. The smallest absolute Gasteiger partial charge is 0.223 e. The van der Waals surface area contributed by atoms with E-state index in [1.54, 1.807) is 0 Å². The van der Waals surface area contributed by atoms with Crippen molar-refractivity contribution in [3.8, 4) is 0 Å². The molecule has 3 nitrogen and oxygen atoms in total. The fourth-order valence-electron chi connectivity index (χ4n) is 2.82. The minimum atomic E-state index is 0.282. The number of carbonyl (C=O) groups excluding carboxylic acids is 1. The predicted molar refractivity (Wildman–Crippen MR) is 83.1 cm³/mol. The quantitative estimate of drug-likeness (QED) is 0.834. The van der Waals surface area contributed by atoms with Crippen molar-refractivity contribution in [2.45, 2.75) is 31.7 Å². The molecule has 0 unspecified atom stereocenters. The van der Waals surface area contributed by atoms with Crippen LogP contribution in [0.15, 0.2) is 24.3 Å². The van der Waals surface area contributed by atoms with Gasteiger partial charge in [-0.05, 0) is 51.1 Å². The molecule has 1 fully saturated rings. The Labute approximate surface area is 126 Å². The van der Waals surface area contributed by atoms with Crippen molar-refractivity contribution in [2.75, 3.05) is 27.2 Å². The molecule has 110 valence electrons. The summed E-state index contributed by atoms with van der Waals surface area (Å²) in [6.45, 7) is 1.88. The highest BCUT2D eigenvalue weighted by molar-refractivity contribution is 6.30. The van der Waals surface area contributed by atoms with Gasteiger partial charge in [-0.2, -0.15) is 0 Å². The van der Waals surface area contributed by atoms with Gasteiger partial charge < -0.3 is 9.80 Å². The van der Waals surface area contributed by atoms with Crippen LogP contribution in [0.5, 0.6) is 0 Å². The third-order valence-corrected chi connectivity index (χ3v) is 4.07. The van der Waals surface area contributed by atoms with Gasteiger partial charge in [-0.1, -0.05) is 23.7 Å². The predicted octanol–water partition coefficient (Wildman–Crippen LogP) is 2.83. The summed E-state index contributed by atoms with van der Waals surface area (Å²) >= 11 is 5.87. The molecule has 2 rings (SSSR count). The maximum Gasteiger partial charge on any atom is 0.223 e. The molecule has 1 aliphatic rings. The van der Waals surface area contributed by atoms with Gasteiger partial charge in [0, 0.05) is 30.6 Å². The molecule has 0 aromatic heterocycles. The molecule has 1 atom stereocenters. The van der Waals surface area contributed by atoms with E-state index in [1.165, 1.54) is 5.56 Å². The highest BCUT2D eigenvalue weighted by Crippen LogP contribution is 2.19. The average molecular weight is 295 g/mol. The second kappa shape index (κ2) is 7.09. The van der Waals surface area contributed by atoms with Gasteiger partial charge >= 0.3 is 0 Å². The number of hydrogen-bond donors (Lipinski definition) is 0. The number of benzene rings is 1. The van der Waals surface area contributed by atoms with Crippen LogP contribution in [0, 0.1) is 0 Å². The number of amides is 1. The van der Waals surface area contributed by atoms with Gasteiger partial charge in [-0.3, -0.25) is 4.79 Å². The zero-order valence-corrected chi connectivity index (χ0v) is 13.1. The van der Waals surface area contributed by atoms with Crippen LogP contribution in [-0.4, -0.2) is 48.9 Å². The lowest BCUT2D eigenvalue weighted by molar-refractivity contribution is -0.132. The molecule has 0 aliphatic carbocycles. The first-order valence-electron chi connectivity index (χ1n) is 7.25. The number of likely N-dealkylation sites (N-methyl/N-ethyl adjacent to an activating group) is 1. The van der Waals surface area contributed by atoms with E-state index in [0.29, 0.717) is 12.5 Å². The largest absolute Gasteiger partial charge is 0.338 e. The third kappa shape index (κ3) is 4.22. The summed E-state index contributed by atoms with van der Waals surface area (Å²) in [6, 6.07) is 8.15. The van der Waals surface area contributed by atoms with Gasteiger partial charge in [0.2, 0.25) is 5.91 Å². The molecule has 1 amide bonds. The number of halogens is 1. The molecule has 4 heteroatoms. The third-order valence-electron chi connectivity index (χ3n) is 3.81. The van der Waals surface area contributed by atoms with Gasteiger partial charge in [0.1, 0.15) is 0 Å². The Morgan fingerprint density at radius 1 is 1.35 bits per heavy atom. The van der Waals surface area contributed by atoms with Crippen LogP contribution in [0.25, 0.3) is 0 Å². The number of rotatable bonds is 5. The number of likely N-dealkylation sites (tertiary alicyclic amines) is 1. The Morgan fingerprint density at radius 2 is 2.05 bits per heavy atom. The Hall–Kier alpha value is -1.06. The molecule has 1 aromatic carbocycles. The molecular weight excluding hydrogens is 272 g/mol. The van der Waals surface area contributed by atoms with Crippen molar-refractivity contribution in [3.05, 3.63) is 34.9 Å². The van der Waals surface area contributed by atoms with Gasteiger partial charge in [-0.25, -0.2) is 0 Å². The monoisotopic (exact) mass is 294 g/mol. The van der Waals surface area contributed by atoms with E-state index in [9.17, 15) is 4.79 Å². The Balaban J connectivity index is 1.86. The van der Waals surface area contributed by atoms with E-state index in [-0.39, 0.29) is 5.91 Å². The first-order valence-corrected chi connectivity index (χ1v) is 7.62. The topological polar surface area (TPSA) is 23.6 Å². The molecule has 1 aliphatic heterocycles. The summed E-state index contributed by atoms with van der Waals surface area (Å²) in [6.07, 6.45) is 3.64. The van der Waals surface area contributed by atoms with Crippen LogP contribution in [0.2, 0.25) is 5.02 Å². The Morgan fingerprint density at radius 3 is 2.70 bits per heavy atom. The first-order chi connectivity index (χ1) is 9.56. The number of carbonyl (C=O) groups is 1. The maximum absolute atomic E-state index is 12.4. The standard InChI is InChI=1S/C16H23ClN2O/c1-18(2)12-15-4-3-11-19(15)16(20)10-7-13-5-8-14(17)9-6-13/h5-6,8-9,15H,3-4,7,10-12H2,1-2H3/t15-/m1/s1. The van der Waals surface area contributed by atoms with Gasteiger partial charge in [-0.15, -0.1) is 0 Å². The Kier molecular flexibility index (Phi) is 5.44. The van der Waals surface area contributed by atoms with E-state index in [4.69, 9.17) is 11.6 Å². The molecule has 1 saturated heterocycles. The molecule has 0 N–H and O–H groups in total. The van der Waals surface area contributed by atoms with Gasteiger partial charge in [0.05, 0.1) is 0 Å². The molecule has 0 spiro atoms. The van der Waals surface area contributed by atoms with E-state index in [2.05, 4.69) is 23.9 Å². The lowest BCUT2D eigenvalue weighted by Gasteiger charge is -2.27. The summed E-state index contributed by atoms with van der Waals surface area (Å²) in [7, 11) is 4.13. The van der Waals surface area contributed by atoms with Crippen LogP contribution in [-0.2, 0) is 11.2 Å². The van der Waals surface area contributed by atoms with Crippen LogP contribution >= 0.6 is 11.6 Å². The number of aryl methyl sites for hydroxylation is 1. The van der Waals surface area contributed by atoms with Crippen LogP contribution in [0.3, 0.4) is 0 Å². The second-order valence-corrected chi connectivity index (χ2v) is 6.21. The Bertz CT molecular complexity index is 444. The summed E-state index contributed by atoms with van der Waals surface area (Å²) in [4.78, 5) is 16.6. The molecule has 0 bridgehead atoms. The molecule has 1 aromatic rings. The minimum Gasteiger partial charge on any atom is -0.338 e. The van der Waals surface area contributed by atoms with Crippen molar-refractivity contribution in [1.82, 2.24) is 9.80 Å². The van der Waals surface area contributed by atoms with Crippen molar-refractivity contribution < 1.29 is 4.79 Å². The van der Waals surface area contributed by atoms with Gasteiger partial charge in [0.15, 0.2) is 0 Å². The number of nitrogens with zero attached hydrogens (tertiary/aromatic N) is 2. The number of hydrogen-bond acceptors (Lipinski definition) is 2. The second-order valence-electron chi connectivity index (χ2n) is 5.77. The van der Waals surface area contributed by atoms with Gasteiger partial charge in [0.25, 0.3) is 0 Å². The SMILES string of the molecule is CN(C)C[C@H]1CCCN1C(=O)CCc1ccc(Cl)cc1. The zero-order valence-electron chi connectivity index (χ0n) is 12.3. The van der Waals surface area contributed by atoms with E-state index >= 15 is 0 Å². The summed E-state index contributed by atoms with van der Waals surface area (Å²) in [5, 5.41) is 0.741. The van der Waals surface area contributed by atoms with Crippen LogP contribution in [0.4, 0.5) is 0 Å². The fraction of sp³-hybridized carbons (Fsp3) is 0.562. The highest BCUT2D eigenvalue weighted by Gasteiger charge is 2.28. The van der Waals surface area contributed by atoms with Crippen molar-refractivity contribution >= 4 is 17.5 Å². The molecule has 20 heavy (non-hydrogen) atoms. The molecule has 0 radical (unpaired) electrons. The highest BCUT2D eigenvalue weighted by atomic mass is 35.5. The maximum atomic E-state index is 12.4. The molecular formula is C16H23ClN2O. The zero-order chi connectivity index (χ0) is 14.5. The summed E-state index contributed by atoms with van der Waals surface area (Å²) in [5.41, 5.74) is 1.17. The summed E-state index contributed by atoms with van der Waals surface area (Å²) in [5.74, 6) is 0.282. The van der Waals surface area contributed by atoms with E-state index in [1.807, 2.05) is 24.3 Å². The molecule has 1 heterocycles. The van der Waals surface area contributed by atoms with Crippen LogP contribution in [0.1, 0.15) is 24.8 Å². The normalized spacial score (nSPS) is 18.8. The molecule has 0 saturated carbocycles. The fourth-order valence-corrected chi connectivity index (χ4v) is 2.95. The summed E-state index contributed by atoms with van der Waals surface area (Å²) < 4.78 is 0. The van der Waals surface area contributed by atoms with E-state index in [0.717, 1.165) is 37.4 Å². The lowest BCUT2D eigenvalue weighted by atomic mass is 10.1. The van der Waals surface area contributed by atoms with E-state index < -0.39 is 0 Å². The van der Waals surface area contributed by atoms with Crippen LogP contribution < -0.4 is 0 Å². The lowest BCUT2D eigenvalue weighted by Crippen LogP contribution is -2.41. The van der Waals surface area contributed by atoms with Crippen molar-refractivity contribution in [1.29, 1.82) is 0 Å². The first kappa shape index (κ1) is 15.3.